The number of nitrogens with zero attached hydrogens (tertiary/aromatic N) is 1. The maximum Gasteiger partial charge on any atom is 0.257 e. The van der Waals surface area contributed by atoms with Crippen molar-refractivity contribution < 1.29 is 4.79 Å². The van der Waals surface area contributed by atoms with Gasteiger partial charge in [0.1, 0.15) is 5.56 Å². The molecule has 4 heteroatoms. The molecule has 0 aliphatic carbocycles. The lowest BCUT2D eigenvalue weighted by Crippen LogP contribution is -2.32. The molecular weight excluding hydrogens is 312 g/mol. The lowest BCUT2D eigenvalue weighted by atomic mass is 9.99. The van der Waals surface area contributed by atoms with E-state index in [0.717, 1.165) is 30.5 Å². The molecule has 126 valence electrons. The van der Waals surface area contributed by atoms with Gasteiger partial charge in [0.2, 0.25) is 5.43 Å². The van der Waals surface area contributed by atoms with Gasteiger partial charge in [0, 0.05) is 18.1 Å². The highest BCUT2D eigenvalue weighted by Gasteiger charge is 2.20. The van der Waals surface area contributed by atoms with Crippen molar-refractivity contribution in [3.8, 4) is 0 Å². The Hall–Kier alpha value is -2.88. The fourth-order valence-electron chi connectivity index (χ4n) is 3.62. The van der Waals surface area contributed by atoms with Gasteiger partial charge in [-0.05, 0) is 37.0 Å². The van der Waals surface area contributed by atoms with Crippen LogP contribution in [-0.4, -0.2) is 10.5 Å². The average molecular weight is 332 g/mol. The average Bonchev–Trinajstić information content (AvgIpc) is 2.65. The number of benzene rings is 2. The monoisotopic (exact) mass is 332 g/mol. The minimum atomic E-state index is -0.317. The van der Waals surface area contributed by atoms with E-state index in [1.807, 2.05) is 49.4 Å². The van der Waals surface area contributed by atoms with E-state index in [1.54, 1.807) is 6.20 Å². The molecule has 0 spiro atoms. The van der Waals surface area contributed by atoms with Crippen LogP contribution < -0.4 is 10.7 Å². The molecule has 1 atom stereocenters. The first-order chi connectivity index (χ1) is 12.1. The highest BCUT2D eigenvalue weighted by atomic mass is 16.2. The van der Waals surface area contributed by atoms with Crippen molar-refractivity contribution in [1.29, 1.82) is 0 Å². The highest BCUT2D eigenvalue weighted by Crippen LogP contribution is 2.23. The third-order valence-electron chi connectivity index (χ3n) is 4.92. The summed E-state index contributed by atoms with van der Waals surface area (Å²) in [7, 11) is 0. The van der Waals surface area contributed by atoms with Crippen molar-refractivity contribution in [1.82, 2.24) is 9.88 Å². The van der Waals surface area contributed by atoms with Crippen LogP contribution in [0, 0.1) is 0 Å². The summed E-state index contributed by atoms with van der Waals surface area (Å²) < 4.78 is 2.05. The molecule has 1 aliphatic heterocycles. The predicted octanol–water partition coefficient (Wildman–Crippen LogP) is 3.44. The van der Waals surface area contributed by atoms with Crippen LogP contribution >= 0.6 is 0 Å². The summed E-state index contributed by atoms with van der Waals surface area (Å²) in [5.74, 6) is -0.317. The summed E-state index contributed by atoms with van der Waals surface area (Å²) >= 11 is 0. The van der Waals surface area contributed by atoms with Gasteiger partial charge in [0.05, 0.1) is 11.6 Å². The molecule has 1 amide bonds. The largest absolute Gasteiger partial charge is 0.346 e. The molecule has 0 radical (unpaired) electrons. The zero-order chi connectivity index (χ0) is 17.4. The third-order valence-corrected chi connectivity index (χ3v) is 4.92. The molecule has 3 aromatic rings. The Balaban J connectivity index is 1.73. The summed E-state index contributed by atoms with van der Waals surface area (Å²) in [5, 5.41) is 3.59. The van der Waals surface area contributed by atoms with Gasteiger partial charge in [-0.15, -0.1) is 0 Å². The molecular formula is C21H20N2O2. The SMILES string of the molecule is C[C@H](NC(=O)c1cn2c3c(cccc3c1=O)CCC2)c1ccccc1. The Kier molecular flexibility index (Phi) is 3.88. The quantitative estimate of drug-likeness (QED) is 0.799. The van der Waals surface area contributed by atoms with Crippen molar-refractivity contribution in [2.45, 2.75) is 32.4 Å². The van der Waals surface area contributed by atoms with E-state index in [2.05, 4.69) is 16.0 Å². The number of amides is 1. The summed E-state index contributed by atoms with van der Waals surface area (Å²) in [6.07, 6.45) is 3.73. The minimum absolute atomic E-state index is 0.156. The first kappa shape index (κ1) is 15.6. The molecule has 0 fully saturated rings. The van der Waals surface area contributed by atoms with Gasteiger partial charge < -0.3 is 9.88 Å². The molecule has 2 aromatic carbocycles. The van der Waals surface area contributed by atoms with E-state index in [-0.39, 0.29) is 22.9 Å². The number of aromatic nitrogens is 1. The summed E-state index contributed by atoms with van der Waals surface area (Å²) in [6, 6.07) is 15.4. The van der Waals surface area contributed by atoms with Crippen LogP contribution in [0.4, 0.5) is 0 Å². The van der Waals surface area contributed by atoms with Gasteiger partial charge >= 0.3 is 0 Å². The molecule has 25 heavy (non-hydrogen) atoms. The number of carbonyl (C=O) groups excluding carboxylic acids is 1. The molecule has 0 unspecified atom stereocenters. The summed E-state index contributed by atoms with van der Waals surface area (Å²) in [6.45, 7) is 2.76. The molecule has 2 heterocycles. The van der Waals surface area contributed by atoms with E-state index in [1.165, 1.54) is 5.56 Å². The number of pyridine rings is 1. The van der Waals surface area contributed by atoms with E-state index >= 15 is 0 Å². The molecule has 4 nitrogen and oxygen atoms in total. The van der Waals surface area contributed by atoms with Crippen LogP contribution in [0.5, 0.6) is 0 Å². The maximum atomic E-state index is 12.9. The Bertz CT molecular complexity index is 1010. The Labute approximate surface area is 146 Å². The van der Waals surface area contributed by atoms with Crippen molar-refractivity contribution >= 4 is 16.8 Å². The number of rotatable bonds is 3. The van der Waals surface area contributed by atoms with Crippen LogP contribution in [0.15, 0.2) is 59.5 Å². The lowest BCUT2D eigenvalue weighted by Gasteiger charge is -2.21. The van der Waals surface area contributed by atoms with E-state index < -0.39 is 0 Å². The fourth-order valence-corrected chi connectivity index (χ4v) is 3.62. The van der Waals surface area contributed by atoms with Gasteiger partial charge in [-0.25, -0.2) is 0 Å². The molecule has 1 aliphatic rings. The van der Waals surface area contributed by atoms with Crippen LogP contribution in [0.3, 0.4) is 0 Å². The molecule has 4 rings (SSSR count). The fraction of sp³-hybridized carbons (Fsp3) is 0.238. The first-order valence-corrected chi connectivity index (χ1v) is 8.66. The normalized spacial score (nSPS) is 14.3. The van der Waals surface area contributed by atoms with E-state index in [0.29, 0.717) is 5.39 Å². The van der Waals surface area contributed by atoms with Gasteiger partial charge in [0.25, 0.3) is 5.91 Å². The highest BCUT2D eigenvalue weighted by molar-refractivity contribution is 5.98. The zero-order valence-electron chi connectivity index (χ0n) is 14.2. The topological polar surface area (TPSA) is 51.1 Å². The maximum absolute atomic E-state index is 12.9. The van der Waals surface area contributed by atoms with Gasteiger partial charge in [-0.3, -0.25) is 9.59 Å². The van der Waals surface area contributed by atoms with Crippen LogP contribution in [0.1, 0.15) is 40.9 Å². The van der Waals surface area contributed by atoms with Gasteiger partial charge in [0.15, 0.2) is 0 Å². The third kappa shape index (κ3) is 2.74. The zero-order valence-corrected chi connectivity index (χ0v) is 14.2. The first-order valence-electron chi connectivity index (χ1n) is 8.66. The van der Waals surface area contributed by atoms with E-state index in [9.17, 15) is 9.59 Å². The van der Waals surface area contributed by atoms with Gasteiger partial charge in [-0.1, -0.05) is 42.5 Å². The van der Waals surface area contributed by atoms with Crippen molar-refractivity contribution in [3.05, 3.63) is 81.6 Å². The number of para-hydroxylation sites is 1. The number of hydrogen-bond donors (Lipinski definition) is 1. The molecule has 0 bridgehead atoms. The Morgan fingerprint density at radius 1 is 1.12 bits per heavy atom. The number of nitrogens with one attached hydrogen (secondary N) is 1. The molecule has 1 N–H and O–H groups in total. The second kappa shape index (κ2) is 6.20. The standard InChI is InChI=1S/C21H20N2O2/c1-14(15-7-3-2-4-8-15)22-21(25)18-13-23-12-6-10-16-9-5-11-17(19(16)23)20(18)24/h2-5,7-9,11,13-14H,6,10,12H2,1H3,(H,22,25)/t14-/m0/s1. The number of carbonyl (C=O) groups is 1. The van der Waals surface area contributed by atoms with Crippen molar-refractivity contribution in [2.75, 3.05) is 0 Å². The lowest BCUT2D eigenvalue weighted by molar-refractivity contribution is 0.0938. The molecule has 1 aromatic heterocycles. The Morgan fingerprint density at radius 2 is 1.92 bits per heavy atom. The second-order valence-electron chi connectivity index (χ2n) is 6.59. The molecule has 0 saturated carbocycles. The molecule has 0 saturated heterocycles. The number of aryl methyl sites for hydroxylation is 2. The van der Waals surface area contributed by atoms with Crippen LogP contribution in [0.25, 0.3) is 10.9 Å². The predicted molar refractivity (Wildman–Crippen MR) is 98.9 cm³/mol. The summed E-state index contributed by atoms with van der Waals surface area (Å²) in [4.78, 5) is 25.6. The van der Waals surface area contributed by atoms with Crippen LogP contribution in [0.2, 0.25) is 0 Å². The van der Waals surface area contributed by atoms with Gasteiger partial charge in [-0.2, -0.15) is 0 Å². The van der Waals surface area contributed by atoms with Crippen molar-refractivity contribution in [2.24, 2.45) is 0 Å². The van der Waals surface area contributed by atoms with Crippen molar-refractivity contribution in [3.63, 3.8) is 0 Å². The van der Waals surface area contributed by atoms with Crippen LogP contribution in [-0.2, 0) is 13.0 Å². The smallest absolute Gasteiger partial charge is 0.257 e. The number of hydrogen-bond acceptors (Lipinski definition) is 2. The summed E-state index contributed by atoms with van der Waals surface area (Å²) in [5.41, 5.74) is 3.21. The Morgan fingerprint density at radius 3 is 2.72 bits per heavy atom. The second-order valence-corrected chi connectivity index (χ2v) is 6.59. The minimum Gasteiger partial charge on any atom is -0.346 e. The van der Waals surface area contributed by atoms with E-state index in [4.69, 9.17) is 0 Å².